The molecule has 0 unspecified atom stereocenters. The first-order chi connectivity index (χ1) is 21.1. The standard InChI is InChI=1S/C29H29F3N6O3S/c1-16-25(37(2)36-35-16)19-13-21-24(33-14-19)23-27(22(42(4,39)40)15-34-28(23)41-3)38(21)26(17-5-7-20(30)8-6-17)18-9-11-29(31,32)12-10-18/h5-8,13-15,18,26H,9-12H2,1-4H3/t26-/m1/s1/i1D3. The third kappa shape index (κ3) is 4.69. The maximum atomic E-state index is 14.4. The number of hydrogen-bond acceptors (Lipinski definition) is 7. The van der Waals surface area contributed by atoms with Crippen LogP contribution in [0.2, 0.25) is 0 Å². The summed E-state index contributed by atoms with van der Waals surface area (Å²) in [7, 11) is -1.01. The van der Waals surface area contributed by atoms with E-state index in [0.29, 0.717) is 22.2 Å². The van der Waals surface area contributed by atoms with Gasteiger partial charge in [0, 0.05) is 42.0 Å². The normalized spacial score (nSPS) is 18.1. The van der Waals surface area contributed by atoms with Crippen molar-refractivity contribution in [3.63, 3.8) is 0 Å². The van der Waals surface area contributed by atoms with Gasteiger partial charge in [0.2, 0.25) is 11.8 Å². The van der Waals surface area contributed by atoms with Crippen LogP contribution >= 0.6 is 0 Å². The van der Waals surface area contributed by atoms with Crippen molar-refractivity contribution in [3.8, 4) is 17.1 Å². The second-order valence-corrected chi connectivity index (χ2v) is 12.7. The number of sulfone groups is 1. The molecule has 9 nitrogen and oxygen atoms in total. The van der Waals surface area contributed by atoms with Crippen LogP contribution in [0.3, 0.4) is 0 Å². The molecule has 0 saturated heterocycles. The van der Waals surface area contributed by atoms with Gasteiger partial charge in [0.1, 0.15) is 16.2 Å². The number of rotatable bonds is 6. The van der Waals surface area contributed by atoms with E-state index in [9.17, 15) is 21.6 Å². The van der Waals surface area contributed by atoms with Crippen LogP contribution in [0, 0.1) is 18.6 Å². The molecule has 4 heterocycles. The van der Waals surface area contributed by atoms with Gasteiger partial charge in [-0.3, -0.25) is 4.98 Å². The molecule has 1 aromatic carbocycles. The Morgan fingerprint density at radius 3 is 2.50 bits per heavy atom. The number of halogens is 3. The Bertz CT molecular complexity index is 2040. The van der Waals surface area contributed by atoms with Crippen LogP contribution in [-0.2, 0) is 16.9 Å². The van der Waals surface area contributed by atoms with Crippen LogP contribution in [0.5, 0.6) is 5.88 Å². The van der Waals surface area contributed by atoms with E-state index in [2.05, 4.69) is 20.3 Å². The Labute approximate surface area is 244 Å². The minimum Gasteiger partial charge on any atom is -0.480 e. The number of methoxy groups -OCH3 is 1. The Kier molecular flexibility index (Phi) is 5.90. The van der Waals surface area contributed by atoms with Crippen molar-refractivity contribution in [2.24, 2.45) is 13.0 Å². The molecule has 0 spiro atoms. The maximum absolute atomic E-state index is 14.4. The fourth-order valence-electron chi connectivity index (χ4n) is 6.07. The van der Waals surface area contributed by atoms with Crippen molar-refractivity contribution in [3.05, 3.63) is 59.8 Å². The van der Waals surface area contributed by atoms with Gasteiger partial charge in [-0.1, -0.05) is 17.3 Å². The minimum atomic E-state index is -3.93. The molecule has 0 amide bonds. The number of aromatic nitrogens is 6. The fraction of sp³-hybridized carbons (Fsp3) is 0.379. The summed E-state index contributed by atoms with van der Waals surface area (Å²) in [5.41, 5.74) is 1.66. The topological polar surface area (TPSA) is 105 Å². The monoisotopic (exact) mass is 601 g/mol. The van der Waals surface area contributed by atoms with Crippen LogP contribution in [0.25, 0.3) is 33.2 Å². The molecular weight excluding hydrogens is 569 g/mol. The molecule has 1 aliphatic carbocycles. The number of pyridine rings is 2. The van der Waals surface area contributed by atoms with Gasteiger partial charge in [-0.05, 0) is 49.4 Å². The highest BCUT2D eigenvalue weighted by Crippen LogP contribution is 2.48. The second-order valence-electron chi connectivity index (χ2n) is 10.7. The molecule has 0 aliphatic heterocycles. The molecular formula is C29H29F3N6O3S. The van der Waals surface area contributed by atoms with Crippen LogP contribution in [-0.4, -0.2) is 57.2 Å². The number of aryl methyl sites for hydroxylation is 2. The van der Waals surface area contributed by atoms with Gasteiger partial charge in [0.15, 0.2) is 9.84 Å². The molecule has 1 saturated carbocycles. The lowest BCUT2D eigenvalue weighted by Gasteiger charge is -2.36. The molecule has 220 valence electrons. The third-order valence-electron chi connectivity index (χ3n) is 7.98. The van der Waals surface area contributed by atoms with E-state index in [1.807, 2.05) is 0 Å². The molecule has 42 heavy (non-hydrogen) atoms. The quantitative estimate of drug-likeness (QED) is 0.248. The highest BCUT2D eigenvalue weighted by atomic mass is 32.2. The maximum Gasteiger partial charge on any atom is 0.248 e. The van der Waals surface area contributed by atoms with Crippen LogP contribution in [0.15, 0.2) is 47.6 Å². The Balaban J connectivity index is 1.76. The van der Waals surface area contributed by atoms with Gasteiger partial charge in [-0.2, -0.15) is 0 Å². The molecule has 5 aromatic rings. The van der Waals surface area contributed by atoms with Gasteiger partial charge in [-0.15, -0.1) is 5.10 Å². The summed E-state index contributed by atoms with van der Waals surface area (Å²) in [5.74, 6) is -3.68. The van der Waals surface area contributed by atoms with Crippen LogP contribution in [0.1, 0.15) is 47.1 Å². The summed E-state index contributed by atoms with van der Waals surface area (Å²) in [5, 5.41) is 8.05. The lowest BCUT2D eigenvalue weighted by atomic mass is 9.79. The van der Waals surface area contributed by atoms with Crippen molar-refractivity contribution >= 4 is 31.8 Å². The second kappa shape index (κ2) is 10.1. The Morgan fingerprint density at radius 1 is 1.14 bits per heavy atom. The molecule has 13 heteroatoms. The minimum absolute atomic E-state index is 0.0832. The summed E-state index contributed by atoms with van der Waals surface area (Å²) in [4.78, 5) is 8.79. The van der Waals surface area contributed by atoms with Gasteiger partial charge in [0.25, 0.3) is 0 Å². The summed E-state index contributed by atoms with van der Waals surface area (Å²) >= 11 is 0. The van der Waals surface area contributed by atoms with E-state index < -0.39 is 40.4 Å². The zero-order valence-corrected chi connectivity index (χ0v) is 23.8. The number of nitrogens with zero attached hydrogens (tertiary/aromatic N) is 6. The number of ether oxygens (including phenoxy) is 1. The largest absolute Gasteiger partial charge is 0.480 e. The zero-order valence-electron chi connectivity index (χ0n) is 26.0. The molecule has 0 radical (unpaired) electrons. The van der Waals surface area contributed by atoms with Crippen LogP contribution < -0.4 is 4.74 Å². The van der Waals surface area contributed by atoms with E-state index in [1.54, 1.807) is 22.8 Å². The predicted octanol–water partition coefficient (Wildman–Crippen LogP) is 5.65. The molecule has 1 atom stereocenters. The molecule has 0 N–H and O–H groups in total. The van der Waals surface area contributed by atoms with Crippen molar-refractivity contribution in [1.82, 2.24) is 29.5 Å². The van der Waals surface area contributed by atoms with Gasteiger partial charge >= 0.3 is 0 Å². The van der Waals surface area contributed by atoms with Crippen LogP contribution in [0.4, 0.5) is 13.2 Å². The summed E-state index contributed by atoms with van der Waals surface area (Å²) < 4.78 is 102. The average Bonchev–Trinajstić information content (AvgIpc) is 3.52. The third-order valence-corrected chi connectivity index (χ3v) is 9.08. The zero-order chi connectivity index (χ0) is 32.5. The number of fused-ring (bicyclic) bond motifs is 3. The summed E-state index contributed by atoms with van der Waals surface area (Å²) in [6, 6.07) is 6.53. The lowest BCUT2D eigenvalue weighted by molar-refractivity contribution is -0.0493. The average molecular weight is 602 g/mol. The molecule has 1 fully saturated rings. The van der Waals surface area contributed by atoms with Gasteiger partial charge in [-0.25, -0.2) is 31.3 Å². The highest BCUT2D eigenvalue weighted by Gasteiger charge is 2.40. The van der Waals surface area contributed by atoms with E-state index >= 15 is 0 Å². The molecule has 1 aliphatic rings. The van der Waals surface area contributed by atoms with Crippen molar-refractivity contribution in [2.75, 3.05) is 13.4 Å². The first-order valence-corrected chi connectivity index (χ1v) is 15.1. The lowest BCUT2D eigenvalue weighted by Crippen LogP contribution is -2.30. The molecule has 4 aromatic heterocycles. The fourth-order valence-corrected chi connectivity index (χ4v) is 6.86. The van der Waals surface area contributed by atoms with Crippen molar-refractivity contribution in [2.45, 2.75) is 49.4 Å². The highest BCUT2D eigenvalue weighted by molar-refractivity contribution is 7.91. The van der Waals surface area contributed by atoms with Gasteiger partial charge < -0.3 is 9.30 Å². The Morgan fingerprint density at radius 2 is 1.86 bits per heavy atom. The first-order valence-electron chi connectivity index (χ1n) is 14.7. The van der Waals surface area contributed by atoms with Crippen molar-refractivity contribution < 1.29 is 30.4 Å². The smallest absolute Gasteiger partial charge is 0.248 e. The SMILES string of the molecule is [2H]C([2H])([2H])c1nnn(C)c1-c1cnc2c3c(OC)ncc(S(C)(=O)=O)c3n([C@H](c3ccc(F)cc3)C3CCC(F)(F)CC3)c2c1. The van der Waals surface area contributed by atoms with Gasteiger partial charge in [0.05, 0.1) is 47.2 Å². The molecule has 6 rings (SSSR count). The number of alkyl halides is 2. The molecule has 0 bridgehead atoms. The van der Waals surface area contributed by atoms with E-state index in [4.69, 9.17) is 8.85 Å². The number of benzene rings is 1. The van der Waals surface area contributed by atoms with Crippen molar-refractivity contribution in [1.29, 1.82) is 0 Å². The van der Waals surface area contributed by atoms with E-state index in [1.165, 1.54) is 43.4 Å². The van der Waals surface area contributed by atoms with E-state index in [0.717, 1.165) is 6.26 Å². The summed E-state index contributed by atoms with van der Waals surface area (Å²) in [6.45, 7) is -2.61. The number of hydrogen-bond donors (Lipinski definition) is 0. The van der Waals surface area contributed by atoms with E-state index in [-0.39, 0.29) is 58.7 Å². The Hall–Kier alpha value is -4.00. The summed E-state index contributed by atoms with van der Waals surface area (Å²) in [6.07, 6.45) is 3.12. The first kappa shape index (κ1) is 24.6. The predicted molar refractivity (Wildman–Crippen MR) is 151 cm³/mol.